The zero-order valence-corrected chi connectivity index (χ0v) is 14.9. The van der Waals surface area contributed by atoms with E-state index >= 15 is 0 Å². The molecule has 0 spiro atoms. The number of rotatable bonds is 6. The number of carbonyl (C=O) groups is 1. The van der Waals surface area contributed by atoms with Gasteiger partial charge in [-0.05, 0) is 42.5 Å². The quantitative estimate of drug-likeness (QED) is 0.485. The number of Topliss-reactive ketones (excluding diaryl/α,β-unsaturated/α-hetero) is 1. The summed E-state index contributed by atoms with van der Waals surface area (Å²) in [7, 11) is 3.13. The van der Waals surface area contributed by atoms with Gasteiger partial charge in [-0.1, -0.05) is 11.8 Å². The molecule has 0 bridgehead atoms. The zero-order chi connectivity index (χ0) is 18.7. The van der Waals surface area contributed by atoms with Crippen molar-refractivity contribution in [2.24, 2.45) is 7.05 Å². The van der Waals surface area contributed by atoms with Crippen molar-refractivity contribution in [3.63, 3.8) is 0 Å². The fourth-order valence-electron chi connectivity index (χ4n) is 2.34. The van der Waals surface area contributed by atoms with Crippen molar-refractivity contribution in [3.8, 4) is 17.1 Å². The first-order valence-corrected chi connectivity index (χ1v) is 8.63. The van der Waals surface area contributed by atoms with E-state index in [0.717, 1.165) is 11.6 Å². The van der Waals surface area contributed by atoms with E-state index in [1.807, 2.05) is 0 Å². The van der Waals surface area contributed by atoms with E-state index in [1.165, 1.54) is 43.1 Å². The predicted molar refractivity (Wildman–Crippen MR) is 94.4 cm³/mol. The molecule has 0 aliphatic heterocycles. The molecule has 8 heteroatoms. The first kappa shape index (κ1) is 18.1. The molecule has 134 valence electrons. The summed E-state index contributed by atoms with van der Waals surface area (Å²) in [6, 6.07) is 10.0. The lowest BCUT2D eigenvalue weighted by Gasteiger charge is -2.05. The van der Waals surface area contributed by atoms with Gasteiger partial charge in [-0.2, -0.15) is 0 Å². The molecule has 0 N–H and O–H groups in total. The molecule has 0 amide bonds. The zero-order valence-electron chi connectivity index (χ0n) is 14.1. The van der Waals surface area contributed by atoms with Gasteiger partial charge in [0.25, 0.3) is 0 Å². The number of hydrogen-bond acceptors (Lipinski definition) is 5. The summed E-state index contributed by atoms with van der Waals surface area (Å²) in [6.07, 6.45) is 0. The Morgan fingerprint density at radius 1 is 1.15 bits per heavy atom. The highest BCUT2D eigenvalue weighted by Gasteiger charge is 2.15. The molecule has 0 aliphatic carbocycles. The van der Waals surface area contributed by atoms with Crippen molar-refractivity contribution in [2.75, 3.05) is 12.9 Å². The molecule has 0 aliphatic rings. The third-order valence-electron chi connectivity index (χ3n) is 3.74. The third kappa shape index (κ3) is 3.75. The van der Waals surface area contributed by atoms with Crippen LogP contribution in [0.1, 0.15) is 10.4 Å². The van der Waals surface area contributed by atoms with Crippen molar-refractivity contribution >= 4 is 17.5 Å². The van der Waals surface area contributed by atoms with Crippen molar-refractivity contribution in [1.82, 2.24) is 14.8 Å². The number of carbonyl (C=O) groups excluding carboxylic acids is 1. The van der Waals surface area contributed by atoms with E-state index < -0.39 is 5.82 Å². The maximum Gasteiger partial charge on any atom is 0.191 e. The summed E-state index contributed by atoms with van der Waals surface area (Å²) in [4.78, 5) is 12.3. The average Bonchev–Trinajstić information content (AvgIpc) is 3.01. The Morgan fingerprint density at radius 3 is 2.54 bits per heavy atom. The van der Waals surface area contributed by atoms with Crippen molar-refractivity contribution in [1.29, 1.82) is 0 Å². The Labute approximate surface area is 153 Å². The van der Waals surface area contributed by atoms with Crippen LogP contribution in [0.4, 0.5) is 8.78 Å². The van der Waals surface area contributed by atoms with Crippen molar-refractivity contribution < 1.29 is 18.3 Å². The highest BCUT2D eigenvalue weighted by Crippen LogP contribution is 2.24. The second-order valence-electron chi connectivity index (χ2n) is 5.43. The minimum absolute atomic E-state index is 0.0845. The Bertz CT molecular complexity index is 942. The van der Waals surface area contributed by atoms with E-state index in [0.29, 0.717) is 11.0 Å². The van der Waals surface area contributed by atoms with Gasteiger partial charge in [-0.25, -0.2) is 8.78 Å². The van der Waals surface area contributed by atoms with Gasteiger partial charge in [0.15, 0.2) is 28.3 Å². The van der Waals surface area contributed by atoms with Crippen LogP contribution in [0.5, 0.6) is 5.75 Å². The van der Waals surface area contributed by atoms with Gasteiger partial charge in [0.05, 0.1) is 12.9 Å². The molecule has 5 nitrogen and oxygen atoms in total. The van der Waals surface area contributed by atoms with Crippen LogP contribution in [-0.2, 0) is 7.05 Å². The highest BCUT2D eigenvalue weighted by molar-refractivity contribution is 7.99. The van der Waals surface area contributed by atoms with Gasteiger partial charge in [0.2, 0.25) is 0 Å². The first-order chi connectivity index (χ1) is 12.5. The average molecular weight is 375 g/mol. The number of benzene rings is 2. The predicted octanol–water partition coefficient (Wildman–Crippen LogP) is 3.74. The van der Waals surface area contributed by atoms with Crippen LogP contribution < -0.4 is 4.74 Å². The van der Waals surface area contributed by atoms with Gasteiger partial charge in [0.1, 0.15) is 5.82 Å². The Hall–Kier alpha value is -2.74. The molecule has 1 aromatic heterocycles. The maximum atomic E-state index is 13.7. The van der Waals surface area contributed by atoms with Gasteiger partial charge in [0, 0.05) is 18.2 Å². The number of hydrogen-bond donors (Lipinski definition) is 0. The fourth-order valence-corrected chi connectivity index (χ4v) is 3.15. The number of halogens is 2. The van der Waals surface area contributed by atoms with Crippen LogP contribution in [-0.4, -0.2) is 33.4 Å². The summed E-state index contributed by atoms with van der Waals surface area (Å²) >= 11 is 1.20. The summed E-state index contributed by atoms with van der Waals surface area (Å²) in [5.74, 6) is -0.408. The molecule has 0 saturated carbocycles. The minimum Gasteiger partial charge on any atom is -0.494 e. The van der Waals surface area contributed by atoms with E-state index in [-0.39, 0.29) is 28.7 Å². The largest absolute Gasteiger partial charge is 0.494 e. The van der Waals surface area contributed by atoms with Crippen LogP contribution in [0.25, 0.3) is 11.4 Å². The smallest absolute Gasteiger partial charge is 0.191 e. The molecule has 0 radical (unpaired) electrons. The van der Waals surface area contributed by atoms with Crippen LogP contribution in [0.3, 0.4) is 0 Å². The Kier molecular flexibility index (Phi) is 5.32. The van der Waals surface area contributed by atoms with Gasteiger partial charge in [-0.15, -0.1) is 10.2 Å². The molecule has 3 aromatic rings. The molecule has 0 unspecified atom stereocenters. The summed E-state index contributed by atoms with van der Waals surface area (Å²) in [6.45, 7) is 0. The van der Waals surface area contributed by atoms with E-state index in [9.17, 15) is 13.6 Å². The second kappa shape index (κ2) is 7.65. The van der Waals surface area contributed by atoms with Gasteiger partial charge in [-0.3, -0.25) is 4.79 Å². The Morgan fingerprint density at radius 2 is 1.88 bits per heavy atom. The molecule has 0 saturated heterocycles. The van der Waals surface area contributed by atoms with E-state index in [2.05, 4.69) is 10.2 Å². The van der Waals surface area contributed by atoms with Crippen LogP contribution >= 0.6 is 11.8 Å². The van der Waals surface area contributed by atoms with Crippen LogP contribution in [0.15, 0.2) is 47.6 Å². The van der Waals surface area contributed by atoms with Crippen molar-refractivity contribution in [3.05, 3.63) is 59.7 Å². The number of ether oxygens (including phenoxy) is 1. The number of thioether (sulfide) groups is 1. The number of methoxy groups -OCH3 is 1. The molecule has 0 fully saturated rings. The summed E-state index contributed by atoms with van der Waals surface area (Å²) in [5.41, 5.74) is 0.980. The third-order valence-corrected chi connectivity index (χ3v) is 4.76. The lowest BCUT2D eigenvalue weighted by Crippen LogP contribution is -2.05. The monoisotopic (exact) mass is 375 g/mol. The standard InChI is InChI=1S/C18H15F2N3O2S/c1-23-17(11-3-6-13(19)7-4-11)21-22-18(23)26-10-15(24)12-5-8-16(25-2)14(20)9-12/h3-9H,10H2,1-2H3. The topological polar surface area (TPSA) is 57.0 Å². The normalized spacial score (nSPS) is 10.8. The minimum atomic E-state index is -0.583. The lowest BCUT2D eigenvalue weighted by atomic mass is 10.1. The molecule has 2 aromatic carbocycles. The van der Waals surface area contributed by atoms with E-state index in [1.54, 1.807) is 23.7 Å². The van der Waals surface area contributed by atoms with Crippen LogP contribution in [0, 0.1) is 11.6 Å². The maximum absolute atomic E-state index is 13.7. The summed E-state index contributed by atoms with van der Waals surface area (Å²) in [5, 5.41) is 8.68. The van der Waals surface area contributed by atoms with Crippen molar-refractivity contribution in [2.45, 2.75) is 5.16 Å². The molecule has 1 heterocycles. The summed E-state index contributed by atoms with van der Waals surface area (Å²) < 4.78 is 33.3. The highest BCUT2D eigenvalue weighted by atomic mass is 32.2. The molecular formula is C18H15F2N3O2S. The number of aromatic nitrogens is 3. The van der Waals surface area contributed by atoms with Gasteiger partial charge < -0.3 is 9.30 Å². The first-order valence-electron chi connectivity index (χ1n) is 7.64. The lowest BCUT2D eigenvalue weighted by molar-refractivity contribution is 0.102. The SMILES string of the molecule is COc1ccc(C(=O)CSc2nnc(-c3ccc(F)cc3)n2C)cc1F. The molecule has 26 heavy (non-hydrogen) atoms. The van der Waals surface area contributed by atoms with E-state index in [4.69, 9.17) is 4.74 Å². The number of ketones is 1. The molecular weight excluding hydrogens is 360 g/mol. The van der Waals surface area contributed by atoms with Gasteiger partial charge >= 0.3 is 0 Å². The molecule has 3 rings (SSSR count). The second-order valence-corrected chi connectivity index (χ2v) is 6.38. The Balaban J connectivity index is 1.71. The molecule has 0 atom stereocenters. The fraction of sp³-hybridized carbons (Fsp3) is 0.167. The van der Waals surface area contributed by atoms with Crippen LogP contribution in [0.2, 0.25) is 0 Å². The number of nitrogens with zero attached hydrogens (tertiary/aromatic N) is 3.